The van der Waals surface area contributed by atoms with E-state index in [-0.39, 0.29) is 0 Å². The fourth-order valence-electron chi connectivity index (χ4n) is 1.12. The van der Waals surface area contributed by atoms with Gasteiger partial charge < -0.3 is 4.90 Å². The molecule has 2 heteroatoms. The fraction of sp³-hybridized carbons (Fsp3) is 0.857. The molecule has 0 aliphatic carbocycles. The highest BCUT2D eigenvalue weighted by atomic mass is 15.1. The number of aliphatic imine (C=N–C) groups is 1. The molecule has 0 bridgehead atoms. The maximum Gasteiger partial charge on any atom is 0.0625 e. The van der Waals surface area contributed by atoms with Gasteiger partial charge in [-0.2, -0.15) is 0 Å². The molecule has 0 aromatic rings. The van der Waals surface area contributed by atoms with Gasteiger partial charge in [0.2, 0.25) is 0 Å². The van der Waals surface area contributed by atoms with Crippen LogP contribution in [0.1, 0.15) is 12.8 Å². The lowest BCUT2D eigenvalue weighted by molar-refractivity contribution is 0.373. The van der Waals surface area contributed by atoms with E-state index < -0.39 is 0 Å². The van der Waals surface area contributed by atoms with Crippen LogP contribution in [0.3, 0.4) is 0 Å². The van der Waals surface area contributed by atoms with Gasteiger partial charge in [-0.25, -0.2) is 0 Å². The van der Waals surface area contributed by atoms with Crippen LogP contribution in [-0.4, -0.2) is 37.8 Å². The van der Waals surface area contributed by atoms with Crippen LogP contribution in [0.4, 0.5) is 0 Å². The summed E-state index contributed by atoms with van der Waals surface area (Å²) >= 11 is 0. The molecule has 9 heavy (non-hydrogen) atoms. The van der Waals surface area contributed by atoms with Crippen molar-refractivity contribution in [2.75, 3.05) is 20.6 Å². The first-order valence-electron chi connectivity index (χ1n) is 3.45. The molecule has 1 atom stereocenters. The summed E-state index contributed by atoms with van der Waals surface area (Å²) in [6.07, 6.45) is 4.46. The summed E-state index contributed by atoms with van der Waals surface area (Å²) in [6, 6.07) is 0.583. The van der Waals surface area contributed by atoms with Crippen LogP contribution in [0.25, 0.3) is 0 Å². The van der Waals surface area contributed by atoms with Gasteiger partial charge in [0.25, 0.3) is 0 Å². The lowest BCUT2D eigenvalue weighted by atomic mass is 10.2. The van der Waals surface area contributed by atoms with E-state index in [2.05, 4.69) is 24.0 Å². The van der Waals surface area contributed by atoms with Gasteiger partial charge in [-0.15, -0.1) is 0 Å². The van der Waals surface area contributed by atoms with E-state index >= 15 is 0 Å². The monoisotopic (exact) mass is 126 g/mol. The first-order valence-corrected chi connectivity index (χ1v) is 3.45. The zero-order valence-corrected chi connectivity index (χ0v) is 6.17. The van der Waals surface area contributed by atoms with E-state index in [0.717, 1.165) is 6.54 Å². The predicted octanol–water partition coefficient (Wildman–Crippen LogP) is 0.781. The van der Waals surface area contributed by atoms with Crippen molar-refractivity contribution in [1.82, 2.24) is 4.90 Å². The number of hydrogen-bond donors (Lipinski definition) is 0. The summed E-state index contributed by atoms with van der Waals surface area (Å²) in [5.74, 6) is 0. The molecule has 52 valence electrons. The van der Waals surface area contributed by atoms with Crippen LogP contribution >= 0.6 is 0 Å². The molecule has 0 N–H and O–H groups in total. The van der Waals surface area contributed by atoms with Gasteiger partial charge >= 0.3 is 0 Å². The maximum atomic E-state index is 4.31. The molecule has 1 heterocycles. The summed E-state index contributed by atoms with van der Waals surface area (Å²) in [4.78, 5) is 6.50. The normalized spacial score (nSPS) is 25.9. The molecule has 0 fully saturated rings. The van der Waals surface area contributed by atoms with Gasteiger partial charge in [0.15, 0.2) is 0 Å². The second-order valence-electron chi connectivity index (χ2n) is 2.83. The Balaban J connectivity index is 2.20. The molecular formula is C7H14N2. The third-order valence-electron chi connectivity index (χ3n) is 1.52. The fourth-order valence-corrected chi connectivity index (χ4v) is 1.12. The molecule has 0 amide bonds. The Bertz CT molecular complexity index is 107. The molecule has 0 radical (unpaired) electrons. The zero-order chi connectivity index (χ0) is 6.69. The van der Waals surface area contributed by atoms with Crippen LogP contribution in [0.15, 0.2) is 4.99 Å². The van der Waals surface area contributed by atoms with Gasteiger partial charge in [-0.05, 0) is 33.2 Å². The summed E-state index contributed by atoms with van der Waals surface area (Å²) in [5.41, 5.74) is 0. The van der Waals surface area contributed by atoms with E-state index in [4.69, 9.17) is 0 Å². The molecule has 0 saturated carbocycles. The van der Waals surface area contributed by atoms with E-state index in [1.807, 2.05) is 6.21 Å². The SMILES string of the molecule is CN(C)CC1CCC=N1. The Morgan fingerprint density at radius 2 is 2.44 bits per heavy atom. The average Bonchev–Trinajstić information content (AvgIpc) is 2.15. The number of hydrogen-bond acceptors (Lipinski definition) is 2. The van der Waals surface area contributed by atoms with Crippen LogP contribution in [-0.2, 0) is 0 Å². The summed E-state index contributed by atoms with van der Waals surface area (Å²) < 4.78 is 0. The Kier molecular flexibility index (Phi) is 2.22. The van der Waals surface area contributed by atoms with Crippen LogP contribution in [0.2, 0.25) is 0 Å². The van der Waals surface area contributed by atoms with Crippen molar-refractivity contribution in [3.05, 3.63) is 0 Å². The molecule has 1 rings (SSSR count). The molecule has 0 aromatic heterocycles. The standard InChI is InChI=1S/C7H14N2/c1-9(2)6-7-4-3-5-8-7/h5,7H,3-4,6H2,1-2H3. The van der Waals surface area contributed by atoms with Gasteiger partial charge in [0, 0.05) is 6.54 Å². The van der Waals surface area contributed by atoms with Crippen LogP contribution < -0.4 is 0 Å². The van der Waals surface area contributed by atoms with Crippen molar-refractivity contribution < 1.29 is 0 Å². The second-order valence-corrected chi connectivity index (χ2v) is 2.83. The molecule has 2 nitrogen and oxygen atoms in total. The Labute approximate surface area is 56.6 Å². The van der Waals surface area contributed by atoms with E-state index in [9.17, 15) is 0 Å². The van der Waals surface area contributed by atoms with E-state index in [1.54, 1.807) is 0 Å². The summed E-state index contributed by atoms with van der Waals surface area (Å²) in [5, 5.41) is 0. The van der Waals surface area contributed by atoms with Crippen molar-refractivity contribution in [2.45, 2.75) is 18.9 Å². The summed E-state index contributed by atoms with van der Waals surface area (Å²) in [6.45, 7) is 1.11. The Morgan fingerprint density at radius 3 is 2.89 bits per heavy atom. The highest BCUT2D eigenvalue weighted by Gasteiger charge is 2.09. The van der Waals surface area contributed by atoms with E-state index in [0.29, 0.717) is 6.04 Å². The maximum absolute atomic E-state index is 4.31. The minimum atomic E-state index is 0.583. The minimum Gasteiger partial charge on any atom is -0.307 e. The number of nitrogens with zero attached hydrogens (tertiary/aromatic N) is 2. The molecule has 0 aromatic carbocycles. The van der Waals surface area contributed by atoms with Crippen molar-refractivity contribution in [2.24, 2.45) is 4.99 Å². The molecule has 1 unspecified atom stereocenters. The zero-order valence-electron chi connectivity index (χ0n) is 6.17. The molecule has 0 spiro atoms. The van der Waals surface area contributed by atoms with Crippen molar-refractivity contribution in [3.8, 4) is 0 Å². The van der Waals surface area contributed by atoms with Crippen LogP contribution in [0.5, 0.6) is 0 Å². The number of rotatable bonds is 2. The topological polar surface area (TPSA) is 15.6 Å². The molecule has 0 saturated heterocycles. The van der Waals surface area contributed by atoms with Crippen molar-refractivity contribution >= 4 is 6.21 Å². The number of likely N-dealkylation sites (N-methyl/N-ethyl adjacent to an activating group) is 1. The first kappa shape index (κ1) is 6.75. The average molecular weight is 126 g/mol. The lowest BCUT2D eigenvalue weighted by Crippen LogP contribution is -2.22. The quantitative estimate of drug-likeness (QED) is 0.534. The third-order valence-corrected chi connectivity index (χ3v) is 1.52. The molecule has 1 aliphatic heterocycles. The van der Waals surface area contributed by atoms with Gasteiger partial charge in [-0.1, -0.05) is 0 Å². The summed E-state index contributed by atoms with van der Waals surface area (Å²) in [7, 11) is 4.18. The third kappa shape index (κ3) is 2.14. The largest absolute Gasteiger partial charge is 0.307 e. The Hall–Kier alpha value is -0.370. The lowest BCUT2D eigenvalue weighted by Gasteiger charge is -2.12. The van der Waals surface area contributed by atoms with Gasteiger partial charge in [-0.3, -0.25) is 4.99 Å². The minimum absolute atomic E-state index is 0.583. The van der Waals surface area contributed by atoms with Crippen LogP contribution in [0, 0.1) is 0 Å². The van der Waals surface area contributed by atoms with E-state index in [1.165, 1.54) is 12.8 Å². The Morgan fingerprint density at radius 1 is 1.67 bits per heavy atom. The molecule has 1 aliphatic rings. The second kappa shape index (κ2) is 2.97. The first-order chi connectivity index (χ1) is 4.29. The smallest absolute Gasteiger partial charge is 0.0625 e. The predicted molar refractivity (Wildman–Crippen MR) is 40.1 cm³/mol. The van der Waals surface area contributed by atoms with Crippen molar-refractivity contribution in [3.63, 3.8) is 0 Å². The highest BCUT2D eigenvalue weighted by Crippen LogP contribution is 2.07. The van der Waals surface area contributed by atoms with Gasteiger partial charge in [0.1, 0.15) is 0 Å². The van der Waals surface area contributed by atoms with Gasteiger partial charge in [0.05, 0.1) is 6.04 Å². The van der Waals surface area contributed by atoms with Crippen molar-refractivity contribution in [1.29, 1.82) is 0 Å². The molecular weight excluding hydrogens is 112 g/mol. The highest BCUT2D eigenvalue weighted by molar-refractivity contribution is 5.59.